The molecule has 0 aliphatic carbocycles. The Balaban J connectivity index is 1.81. The molecule has 0 aromatic rings. The summed E-state index contributed by atoms with van der Waals surface area (Å²) in [6, 6.07) is 0. The zero-order valence-electron chi connectivity index (χ0n) is 14.7. The fourth-order valence-corrected chi connectivity index (χ4v) is 5.08. The van der Waals surface area contributed by atoms with Crippen molar-refractivity contribution in [1.29, 1.82) is 0 Å². The predicted octanol–water partition coefficient (Wildman–Crippen LogP) is -0.657. The van der Waals surface area contributed by atoms with Crippen LogP contribution in [-0.2, 0) is 36.9 Å². The first kappa shape index (κ1) is 21.8. The van der Waals surface area contributed by atoms with Gasteiger partial charge in [-0.3, -0.25) is 13.6 Å². The molecule has 0 radical (unpaired) electrons. The third-order valence-corrected chi connectivity index (χ3v) is 6.68. The van der Waals surface area contributed by atoms with Crippen LogP contribution in [0.4, 0.5) is 0 Å². The molecule has 3 aliphatic heterocycles. The van der Waals surface area contributed by atoms with Gasteiger partial charge in [0.1, 0.15) is 43.0 Å². The molecule has 3 rings (SSSR count). The lowest BCUT2D eigenvalue weighted by Crippen LogP contribution is -2.36. The highest BCUT2D eigenvalue weighted by Crippen LogP contribution is 2.49. The third kappa shape index (κ3) is 4.98. The van der Waals surface area contributed by atoms with Gasteiger partial charge in [0.15, 0.2) is 0 Å². The molecule has 3 saturated heterocycles. The molecule has 0 amide bonds. The van der Waals surface area contributed by atoms with Crippen molar-refractivity contribution < 1.29 is 56.9 Å². The standard InChI is InChI=1S/C13H24O12P2/c1-6-12-10(14)9(23-6)4-22-27(18,19)25-13-7(2)24-8(11(13)15)3-21-26(16,17)5-20-12/h6-15H,3-5H2,1-2H3,(H,16,17)(H,18,19)/t6-,7-,8+,9+,10?,11?,12-,13+/m0/s1. The molecule has 27 heavy (non-hydrogen) atoms. The van der Waals surface area contributed by atoms with Crippen LogP contribution < -0.4 is 0 Å². The summed E-state index contributed by atoms with van der Waals surface area (Å²) in [7, 11) is -8.84. The first-order valence-electron chi connectivity index (χ1n) is 8.40. The lowest BCUT2D eigenvalue weighted by atomic mass is 10.1. The molecule has 3 fully saturated rings. The van der Waals surface area contributed by atoms with Crippen LogP contribution in [0, 0.1) is 0 Å². The molecule has 14 heteroatoms. The minimum Gasteiger partial charge on any atom is -0.387 e. The summed E-state index contributed by atoms with van der Waals surface area (Å²) in [5, 5.41) is 20.5. The normalized spacial score (nSPS) is 55.0. The summed E-state index contributed by atoms with van der Waals surface area (Å²) in [6.45, 7) is 2.10. The first-order chi connectivity index (χ1) is 12.5. The number of aliphatic hydroxyl groups is 2. The van der Waals surface area contributed by atoms with E-state index in [4.69, 9.17) is 27.8 Å². The van der Waals surface area contributed by atoms with E-state index in [9.17, 15) is 29.1 Å². The molecule has 4 N–H and O–H groups in total. The van der Waals surface area contributed by atoms with E-state index >= 15 is 0 Å². The maximum absolute atomic E-state index is 12.2. The molecule has 158 valence electrons. The third-order valence-electron chi connectivity index (χ3n) is 4.67. The van der Waals surface area contributed by atoms with E-state index in [1.165, 1.54) is 6.92 Å². The van der Waals surface area contributed by atoms with Crippen LogP contribution in [0.1, 0.15) is 13.8 Å². The van der Waals surface area contributed by atoms with Crippen LogP contribution in [-0.4, -0.2) is 88.4 Å². The van der Waals surface area contributed by atoms with Crippen LogP contribution in [0.5, 0.6) is 0 Å². The van der Waals surface area contributed by atoms with Gasteiger partial charge in [0.2, 0.25) is 0 Å². The Morgan fingerprint density at radius 1 is 0.852 bits per heavy atom. The Kier molecular flexibility index (Phi) is 6.50. The summed E-state index contributed by atoms with van der Waals surface area (Å²) in [6.07, 6.45) is -9.12. The molecule has 3 aliphatic rings. The highest BCUT2D eigenvalue weighted by atomic mass is 31.2. The quantitative estimate of drug-likeness (QED) is 0.356. The smallest absolute Gasteiger partial charge is 0.387 e. The van der Waals surface area contributed by atoms with Gasteiger partial charge in [-0.05, 0) is 13.8 Å². The zero-order chi connectivity index (χ0) is 20.0. The second kappa shape index (κ2) is 8.06. The van der Waals surface area contributed by atoms with Gasteiger partial charge in [-0.25, -0.2) is 4.57 Å². The van der Waals surface area contributed by atoms with Gasteiger partial charge in [-0.15, -0.1) is 0 Å². The van der Waals surface area contributed by atoms with Gasteiger partial charge in [-0.2, -0.15) is 0 Å². The maximum atomic E-state index is 12.2. The van der Waals surface area contributed by atoms with Crippen molar-refractivity contribution in [2.75, 3.05) is 19.6 Å². The molecule has 4 unspecified atom stereocenters. The van der Waals surface area contributed by atoms with Gasteiger partial charge in [0.25, 0.3) is 0 Å². The summed E-state index contributed by atoms with van der Waals surface area (Å²) < 4.78 is 55.3. The van der Waals surface area contributed by atoms with Crippen LogP contribution in [0.2, 0.25) is 0 Å². The number of phosphoric ester groups is 1. The van der Waals surface area contributed by atoms with E-state index < -0.39 is 83.8 Å². The molecule has 10 atom stereocenters. The van der Waals surface area contributed by atoms with Gasteiger partial charge >= 0.3 is 15.4 Å². The van der Waals surface area contributed by atoms with E-state index in [-0.39, 0.29) is 0 Å². The maximum Gasteiger partial charge on any atom is 0.472 e. The minimum absolute atomic E-state index is 0.471. The number of phosphoric acid groups is 1. The van der Waals surface area contributed by atoms with Crippen molar-refractivity contribution in [2.45, 2.75) is 62.7 Å². The molecular weight excluding hydrogens is 410 g/mol. The minimum atomic E-state index is -4.62. The van der Waals surface area contributed by atoms with Crippen molar-refractivity contribution in [1.82, 2.24) is 0 Å². The van der Waals surface area contributed by atoms with Gasteiger partial charge in [0, 0.05) is 0 Å². The van der Waals surface area contributed by atoms with E-state index in [0.29, 0.717) is 0 Å². The van der Waals surface area contributed by atoms with Crippen molar-refractivity contribution in [2.24, 2.45) is 0 Å². The highest BCUT2D eigenvalue weighted by Gasteiger charge is 2.49. The Labute approximate surface area is 155 Å². The topological polar surface area (TPSA) is 170 Å². The Hall–Kier alpha value is 0.0600. The van der Waals surface area contributed by atoms with Crippen LogP contribution in [0.15, 0.2) is 0 Å². The van der Waals surface area contributed by atoms with Crippen molar-refractivity contribution in [3.8, 4) is 0 Å². The lowest BCUT2D eigenvalue weighted by Gasteiger charge is -2.23. The van der Waals surface area contributed by atoms with Crippen molar-refractivity contribution in [3.05, 3.63) is 0 Å². The lowest BCUT2D eigenvalue weighted by molar-refractivity contribution is -0.0307. The molecule has 0 aromatic carbocycles. The number of hydrogen-bond acceptors (Lipinski definition) is 10. The average Bonchev–Trinajstić information content (AvgIpc) is 2.99. The fourth-order valence-electron chi connectivity index (χ4n) is 3.26. The fraction of sp³-hybridized carbons (Fsp3) is 1.00. The van der Waals surface area contributed by atoms with Gasteiger partial charge in [0.05, 0.1) is 25.4 Å². The molecule has 0 saturated carbocycles. The predicted molar refractivity (Wildman–Crippen MR) is 86.9 cm³/mol. The average molecular weight is 434 g/mol. The monoisotopic (exact) mass is 434 g/mol. The SMILES string of the molecule is C[C@@H]1O[C@@H]2COP(=O)(O)O[C@H]3C(O)[C@@H](COP(=O)(O)CO[C@@H]1C2O)O[C@H]3C. The van der Waals surface area contributed by atoms with Crippen LogP contribution in [0.3, 0.4) is 0 Å². The van der Waals surface area contributed by atoms with E-state index in [0.717, 1.165) is 0 Å². The Morgan fingerprint density at radius 2 is 1.37 bits per heavy atom. The summed E-state index contributed by atoms with van der Waals surface area (Å²) in [5.41, 5.74) is 0. The summed E-state index contributed by atoms with van der Waals surface area (Å²) >= 11 is 0. The number of fused-ring (bicyclic) bond motifs is 4. The second-order valence-electron chi connectivity index (χ2n) is 6.77. The van der Waals surface area contributed by atoms with E-state index in [2.05, 4.69) is 0 Å². The molecule has 12 nitrogen and oxygen atoms in total. The van der Waals surface area contributed by atoms with Gasteiger partial charge in [-0.1, -0.05) is 0 Å². The number of rotatable bonds is 0. The largest absolute Gasteiger partial charge is 0.472 e. The molecule has 4 bridgehead atoms. The number of hydrogen-bond donors (Lipinski definition) is 4. The van der Waals surface area contributed by atoms with Gasteiger partial charge < -0.3 is 38.7 Å². The molecular formula is C13H24O12P2. The Bertz CT molecular complexity index is 630. The van der Waals surface area contributed by atoms with Crippen molar-refractivity contribution in [3.63, 3.8) is 0 Å². The molecule has 0 aromatic heterocycles. The molecule has 3 heterocycles. The summed E-state index contributed by atoms with van der Waals surface area (Å²) in [5.74, 6) is 0. The van der Waals surface area contributed by atoms with Crippen LogP contribution in [0.25, 0.3) is 0 Å². The second-order valence-corrected chi connectivity index (χ2v) is 9.97. The van der Waals surface area contributed by atoms with E-state index in [1.807, 2.05) is 0 Å². The number of ether oxygens (including phenoxy) is 3. The number of aliphatic hydroxyl groups excluding tert-OH is 2. The Morgan fingerprint density at radius 3 is 2.00 bits per heavy atom. The van der Waals surface area contributed by atoms with Crippen LogP contribution >= 0.6 is 15.4 Å². The highest BCUT2D eigenvalue weighted by molar-refractivity contribution is 7.52. The zero-order valence-corrected chi connectivity index (χ0v) is 16.5. The van der Waals surface area contributed by atoms with E-state index in [1.54, 1.807) is 6.92 Å². The first-order valence-corrected chi connectivity index (χ1v) is 11.7. The van der Waals surface area contributed by atoms with Crippen molar-refractivity contribution >= 4 is 15.4 Å². The summed E-state index contributed by atoms with van der Waals surface area (Å²) in [4.78, 5) is 19.8. The molecule has 0 spiro atoms.